The predicted octanol–water partition coefficient (Wildman–Crippen LogP) is 3.45. The van der Waals surface area contributed by atoms with Gasteiger partial charge in [-0.05, 0) is 36.8 Å². The van der Waals surface area contributed by atoms with Gasteiger partial charge in [0.1, 0.15) is 0 Å². The number of amides is 3. The zero-order valence-electron chi connectivity index (χ0n) is 15.7. The average Bonchev–Trinajstić information content (AvgIpc) is 2.95. The van der Waals surface area contributed by atoms with Crippen molar-refractivity contribution >= 4 is 23.6 Å². The summed E-state index contributed by atoms with van der Waals surface area (Å²) in [5, 5.41) is 3.86. The Morgan fingerprint density at radius 3 is 2.10 bits per heavy atom. The molecule has 7 nitrogen and oxygen atoms in total. The molecule has 1 aliphatic rings. The highest BCUT2D eigenvalue weighted by Crippen LogP contribution is 2.29. The lowest BCUT2D eigenvalue weighted by Gasteiger charge is -2.16. The van der Waals surface area contributed by atoms with Crippen LogP contribution in [-0.4, -0.2) is 41.7 Å². The molecule has 156 valence electrons. The minimum absolute atomic E-state index is 0.00582. The van der Waals surface area contributed by atoms with E-state index >= 15 is 0 Å². The highest BCUT2D eigenvalue weighted by atomic mass is 19.4. The minimum Gasteiger partial charge on any atom is -0.449 e. The Hall–Kier alpha value is -3.69. The van der Waals surface area contributed by atoms with Gasteiger partial charge in [0.2, 0.25) is 0 Å². The lowest BCUT2D eigenvalue weighted by Crippen LogP contribution is -2.36. The van der Waals surface area contributed by atoms with Gasteiger partial charge < -0.3 is 4.74 Å². The van der Waals surface area contributed by atoms with E-state index in [1.165, 1.54) is 12.1 Å². The summed E-state index contributed by atoms with van der Waals surface area (Å²) in [5.74, 6) is -1.13. The van der Waals surface area contributed by atoms with Crippen LogP contribution in [0.1, 0.15) is 38.8 Å². The van der Waals surface area contributed by atoms with Gasteiger partial charge in [-0.2, -0.15) is 18.3 Å². The molecule has 3 rings (SSSR count). The van der Waals surface area contributed by atoms with E-state index in [0.717, 1.165) is 29.2 Å². The molecule has 3 amide bonds. The second kappa shape index (κ2) is 8.36. The quantitative estimate of drug-likeness (QED) is 0.457. The van der Waals surface area contributed by atoms with Gasteiger partial charge in [-0.1, -0.05) is 24.3 Å². The van der Waals surface area contributed by atoms with Gasteiger partial charge in [-0.3, -0.25) is 14.5 Å². The van der Waals surface area contributed by atoms with Crippen LogP contribution >= 0.6 is 0 Å². The molecule has 0 aliphatic carbocycles. The number of benzene rings is 2. The van der Waals surface area contributed by atoms with Crippen molar-refractivity contribution in [3.8, 4) is 0 Å². The molecule has 2 aromatic rings. The lowest BCUT2D eigenvalue weighted by molar-refractivity contribution is -0.137. The van der Waals surface area contributed by atoms with E-state index in [0.29, 0.717) is 0 Å². The highest BCUT2D eigenvalue weighted by molar-refractivity contribution is 6.23. The molecule has 0 saturated heterocycles. The largest absolute Gasteiger partial charge is 0.449 e. The molecular formula is C20H16F3N3O4. The van der Waals surface area contributed by atoms with E-state index in [9.17, 15) is 27.6 Å². The summed E-state index contributed by atoms with van der Waals surface area (Å²) in [6.45, 7) is 1.30. The number of carbonyl (C=O) groups excluding carboxylic acids is 3. The number of fused-ring (bicyclic) bond motifs is 1. The maximum absolute atomic E-state index is 12.8. The second-order valence-electron chi connectivity index (χ2n) is 6.21. The molecule has 0 saturated carbocycles. The third-order valence-corrected chi connectivity index (χ3v) is 4.29. The van der Waals surface area contributed by atoms with Gasteiger partial charge in [0.05, 0.1) is 35.6 Å². The SMILES string of the molecule is CCOC(=O)N/N=C(/CN1C(=O)c2ccccc2C1=O)c1ccc(C(F)(F)F)cc1. The maximum Gasteiger partial charge on any atom is 0.427 e. The van der Waals surface area contributed by atoms with Crippen LogP contribution in [0.2, 0.25) is 0 Å². The normalized spacial score (nSPS) is 14.0. The fraction of sp³-hybridized carbons (Fsp3) is 0.200. The maximum atomic E-state index is 12.8. The van der Waals surface area contributed by atoms with Crippen LogP contribution in [0.4, 0.5) is 18.0 Å². The summed E-state index contributed by atoms with van der Waals surface area (Å²) in [5.41, 5.74) is 1.86. The Morgan fingerprint density at radius 1 is 1.03 bits per heavy atom. The van der Waals surface area contributed by atoms with E-state index in [2.05, 4.69) is 10.5 Å². The Bertz CT molecular complexity index is 982. The number of nitrogens with zero attached hydrogens (tertiary/aromatic N) is 2. The monoisotopic (exact) mass is 419 g/mol. The van der Waals surface area contributed by atoms with Crippen molar-refractivity contribution in [1.82, 2.24) is 10.3 Å². The summed E-state index contributed by atoms with van der Waals surface area (Å²) in [6, 6.07) is 10.2. The number of hydrazone groups is 1. The minimum atomic E-state index is -4.53. The van der Waals surface area contributed by atoms with Crippen LogP contribution in [0.15, 0.2) is 53.6 Å². The molecule has 10 heteroatoms. The molecule has 0 bridgehead atoms. The van der Waals surface area contributed by atoms with E-state index in [-0.39, 0.29) is 35.6 Å². The Kier molecular flexibility index (Phi) is 5.86. The molecule has 0 unspecified atom stereocenters. The van der Waals surface area contributed by atoms with Crippen LogP contribution in [0.5, 0.6) is 0 Å². The Balaban J connectivity index is 1.91. The summed E-state index contributed by atoms with van der Waals surface area (Å²) in [4.78, 5) is 37.7. The van der Waals surface area contributed by atoms with Gasteiger partial charge in [-0.25, -0.2) is 10.2 Å². The highest BCUT2D eigenvalue weighted by Gasteiger charge is 2.36. The van der Waals surface area contributed by atoms with Gasteiger partial charge in [-0.15, -0.1) is 0 Å². The first-order chi connectivity index (χ1) is 14.2. The summed E-state index contributed by atoms with van der Waals surface area (Å²) < 4.78 is 43.2. The zero-order chi connectivity index (χ0) is 21.9. The Morgan fingerprint density at radius 2 is 1.60 bits per heavy atom. The van der Waals surface area contributed by atoms with Crippen LogP contribution in [0.3, 0.4) is 0 Å². The summed E-state index contributed by atoms with van der Waals surface area (Å²) in [6.07, 6.45) is -5.41. The molecule has 0 spiro atoms. The Labute approximate surface area is 169 Å². The fourth-order valence-electron chi connectivity index (χ4n) is 2.85. The molecular weight excluding hydrogens is 403 g/mol. The van der Waals surface area contributed by atoms with Crippen LogP contribution in [0, 0.1) is 0 Å². The van der Waals surface area contributed by atoms with Crippen molar-refractivity contribution in [3.05, 3.63) is 70.8 Å². The van der Waals surface area contributed by atoms with Crippen LogP contribution in [0.25, 0.3) is 0 Å². The molecule has 1 heterocycles. The van der Waals surface area contributed by atoms with Crippen molar-refractivity contribution in [2.75, 3.05) is 13.2 Å². The van der Waals surface area contributed by atoms with Crippen molar-refractivity contribution in [2.24, 2.45) is 5.10 Å². The van der Waals surface area contributed by atoms with Gasteiger partial charge in [0.25, 0.3) is 11.8 Å². The standard InChI is InChI=1S/C20H16F3N3O4/c1-2-30-19(29)25-24-16(12-7-9-13(10-8-12)20(21,22)23)11-26-17(27)14-5-3-4-6-15(14)18(26)28/h3-10H,2,11H2,1H3,(H,25,29)/b24-16-. The smallest absolute Gasteiger partial charge is 0.427 e. The van der Waals surface area contributed by atoms with Gasteiger partial charge >= 0.3 is 12.3 Å². The van der Waals surface area contributed by atoms with Crippen molar-refractivity contribution in [2.45, 2.75) is 13.1 Å². The molecule has 0 atom stereocenters. The van der Waals surface area contributed by atoms with Crippen molar-refractivity contribution in [1.29, 1.82) is 0 Å². The molecule has 0 radical (unpaired) electrons. The van der Waals surface area contributed by atoms with Crippen LogP contribution < -0.4 is 5.43 Å². The van der Waals surface area contributed by atoms with Crippen molar-refractivity contribution in [3.63, 3.8) is 0 Å². The molecule has 30 heavy (non-hydrogen) atoms. The van der Waals surface area contributed by atoms with Gasteiger partial charge in [0.15, 0.2) is 0 Å². The predicted molar refractivity (Wildman–Crippen MR) is 99.9 cm³/mol. The number of imide groups is 1. The number of nitrogens with one attached hydrogen (secondary N) is 1. The van der Waals surface area contributed by atoms with E-state index < -0.39 is 29.6 Å². The van der Waals surface area contributed by atoms with Gasteiger partial charge in [0, 0.05) is 0 Å². The summed E-state index contributed by atoms with van der Waals surface area (Å²) >= 11 is 0. The summed E-state index contributed by atoms with van der Waals surface area (Å²) in [7, 11) is 0. The lowest BCUT2D eigenvalue weighted by atomic mass is 10.1. The number of carbonyl (C=O) groups is 3. The van der Waals surface area contributed by atoms with Crippen molar-refractivity contribution < 1.29 is 32.3 Å². The second-order valence-corrected chi connectivity index (χ2v) is 6.21. The number of halogens is 3. The third kappa shape index (κ3) is 4.32. The molecule has 1 aliphatic heterocycles. The molecule has 0 fully saturated rings. The third-order valence-electron chi connectivity index (χ3n) is 4.29. The fourth-order valence-corrected chi connectivity index (χ4v) is 2.85. The number of hydrogen-bond acceptors (Lipinski definition) is 5. The number of hydrogen-bond donors (Lipinski definition) is 1. The zero-order valence-corrected chi connectivity index (χ0v) is 15.7. The topological polar surface area (TPSA) is 88.1 Å². The number of ether oxygens (including phenoxy) is 1. The number of rotatable bonds is 5. The average molecular weight is 419 g/mol. The molecule has 0 aromatic heterocycles. The number of alkyl halides is 3. The van der Waals surface area contributed by atoms with Crippen LogP contribution in [-0.2, 0) is 10.9 Å². The van der Waals surface area contributed by atoms with E-state index in [1.54, 1.807) is 19.1 Å². The molecule has 1 N–H and O–H groups in total. The molecule has 2 aromatic carbocycles. The first-order valence-corrected chi connectivity index (χ1v) is 8.84. The van der Waals surface area contributed by atoms with E-state index in [4.69, 9.17) is 4.74 Å². The first kappa shape index (κ1) is 21.0. The van der Waals surface area contributed by atoms with E-state index in [1.807, 2.05) is 0 Å². The first-order valence-electron chi connectivity index (χ1n) is 8.84.